The van der Waals surface area contributed by atoms with Crippen LogP contribution in [0.2, 0.25) is 0 Å². The zero-order valence-corrected chi connectivity index (χ0v) is 16.7. The first-order chi connectivity index (χ1) is 13.2. The highest BCUT2D eigenvalue weighted by Crippen LogP contribution is 2.26. The zero-order valence-electron chi connectivity index (χ0n) is 15.9. The van der Waals surface area contributed by atoms with Crippen LogP contribution in [0.4, 0.5) is 0 Å². The molecule has 1 heterocycles. The molecule has 1 aliphatic heterocycles. The van der Waals surface area contributed by atoms with Crippen molar-refractivity contribution in [2.75, 3.05) is 19.7 Å². The number of sulfonamides is 1. The minimum absolute atomic E-state index is 0.0272. The number of carbonyl (C=O) groups is 2. The van der Waals surface area contributed by atoms with E-state index in [1.807, 2.05) is 0 Å². The highest BCUT2D eigenvalue weighted by atomic mass is 32.2. The second kappa shape index (κ2) is 9.05. The maximum absolute atomic E-state index is 13.1. The third-order valence-electron chi connectivity index (χ3n) is 4.52. The molecule has 0 aromatic heterocycles. The number of rotatable bonds is 5. The van der Waals surface area contributed by atoms with E-state index >= 15 is 0 Å². The molecule has 1 aromatic carbocycles. The average molecular weight is 409 g/mol. The van der Waals surface area contributed by atoms with Crippen LogP contribution in [0.3, 0.4) is 0 Å². The van der Waals surface area contributed by atoms with E-state index in [4.69, 9.17) is 9.94 Å². The lowest BCUT2D eigenvalue weighted by Gasteiger charge is -2.43. The number of hydroxylamine groups is 1. The van der Waals surface area contributed by atoms with E-state index in [1.54, 1.807) is 13.8 Å². The van der Waals surface area contributed by atoms with Crippen molar-refractivity contribution in [3.05, 3.63) is 24.3 Å². The fourth-order valence-corrected chi connectivity index (χ4v) is 4.77. The Morgan fingerprint density at radius 2 is 1.93 bits per heavy atom. The molecule has 2 amide bonds. The normalized spacial score (nSPS) is 20.1. The Bertz CT molecular complexity index is 888. The van der Waals surface area contributed by atoms with Gasteiger partial charge in [-0.1, -0.05) is 5.92 Å². The predicted octanol–water partition coefficient (Wildman–Crippen LogP) is 0.204. The summed E-state index contributed by atoms with van der Waals surface area (Å²) in [7, 11) is -4.05. The molecule has 152 valence electrons. The summed E-state index contributed by atoms with van der Waals surface area (Å²) < 4.78 is 32.6. The first-order valence-corrected chi connectivity index (χ1v) is 10.0. The lowest BCUT2D eigenvalue weighted by Crippen LogP contribution is -2.65. The van der Waals surface area contributed by atoms with Crippen molar-refractivity contribution in [3.63, 3.8) is 0 Å². The molecule has 1 saturated heterocycles. The molecular formula is C18H23N3O6S. The van der Waals surface area contributed by atoms with Crippen LogP contribution in [0.5, 0.6) is 5.75 Å². The van der Waals surface area contributed by atoms with E-state index < -0.39 is 28.0 Å². The third kappa shape index (κ3) is 4.44. The fraction of sp³-hybridized carbons (Fsp3) is 0.444. The summed E-state index contributed by atoms with van der Waals surface area (Å²) in [6.45, 7) is 4.85. The molecule has 1 fully saturated rings. The highest BCUT2D eigenvalue weighted by Gasteiger charge is 2.45. The summed E-state index contributed by atoms with van der Waals surface area (Å²) in [5.74, 6) is 4.70. The number of hydrogen-bond donors (Lipinski definition) is 2. The van der Waals surface area contributed by atoms with E-state index in [0.717, 1.165) is 4.31 Å². The van der Waals surface area contributed by atoms with Crippen molar-refractivity contribution < 1.29 is 28.0 Å². The molecule has 2 N–H and O–H groups in total. The molecule has 0 saturated carbocycles. The number of benzene rings is 1. The minimum atomic E-state index is -4.05. The van der Waals surface area contributed by atoms with E-state index in [0.29, 0.717) is 5.75 Å². The number of nitrogens with zero attached hydrogens (tertiary/aromatic N) is 2. The molecule has 2 unspecified atom stereocenters. The molecule has 28 heavy (non-hydrogen) atoms. The molecule has 2 atom stereocenters. The second-order valence-electron chi connectivity index (χ2n) is 6.18. The van der Waals surface area contributed by atoms with Gasteiger partial charge in [-0.25, -0.2) is 13.9 Å². The van der Waals surface area contributed by atoms with Crippen LogP contribution in [-0.2, 0) is 19.6 Å². The molecule has 0 radical (unpaired) electrons. The van der Waals surface area contributed by atoms with Crippen molar-refractivity contribution in [1.29, 1.82) is 0 Å². The van der Waals surface area contributed by atoms with Gasteiger partial charge < -0.3 is 9.64 Å². The van der Waals surface area contributed by atoms with Crippen LogP contribution in [0.1, 0.15) is 20.8 Å². The number of piperazine rings is 1. The molecule has 0 aliphatic carbocycles. The largest absolute Gasteiger partial charge is 0.481 e. The van der Waals surface area contributed by atoms with Crippen LogP contribution < -0.4 is 10.2 Å². The Morgan fingerprint density at radius 3 is 2.46 bits per heavy atom. The molecule has 9 nitrogen and oxygen atoms in total. The van der Waals surface area contributed by atoms with Gasteiger partial charge >= 0.3 is 0 Å². The lowest BCUT2D eigenvalue weighted by molar-refractivity contribution is -0.142. The number of nitrogens with one attached hydrogen (secondary N) is 1. The second-order valence-corrected chi connectivity index (χ2v) is 8.07. The molecule has 1 aromatic rings. The summed E-state index contributed by atoms with van der Waals surface area (Å²) in [6.07, 6.45) is 0. The van der Waals surface area contributed by atoms with Crippen LogP contribution in [0.15, 0.2) is 29.2 Å². The van der Waals surface area contributed by atoms with Gasteiger partial charge in [-0.15, -0.1) is 5.92 Å². The Kier molecular flexibility index (Phi) is 7.01. The molecule has 1 aliphatic rings. The Morgan fingerprint density at radius 1 is 1.29 bits per heavy atom. The van der Waals surface area contributed by atoms with Gasteiger partial charge in [0.2, 0.25) is 15.9 Å². The van der Waals surface area contributed by atoms with Gasteiger partial charge in [0.1, 0.15) is 18.4 Å². The minimum Gasteiger partial charge on any atom is -0.481 e. The smallest absolute Gasteiger partial charge is 0.263 e. The van der Waals surface area contributed by atoms with Gasteiger partial charge in [0.25, 0.3) is 5.91 Å². The monoisotopic (exact) mass is 409 g/mol. The summed E-state index contributed by atoms with van der Waals surface area (Å²) in [5.41, 5.74) is 1.50. The summed E-state index contributed by atoms with van der Waals surface area (Å²) in [5, 5.41) is 9.07. The van der Waals surface area contributed by atoms with Crippen LogP contribution in [0, 0.1) is 11.8 Å². The van der Waals surface area contributed by atoms with Gasteiger partial charge in [0, 0.05) is 20.0 Å². The van der Waals surface area contributed by atoms with E-state index in [9.17, 15) is 18.0 Å². The first-order valence-electron chi connectivity index (χ1n) is 8.59. The molecule has 10 heteroatoms. The first kappa shape index (κ1) is 21.7. The van der Waals surface area contributed by atoms with E-state index in [1.165, 1.54) is 41.6 Å². The summed E-state index contributed by atoms with van der Waals surface area (Å²) in [6, 6.07) is 3.74. The number of carbonyl (C=O) groups excluding carboxylic acids is 2. The van der Waals surface area contributed by atoms with E-state index in [2.05, 4.69) is 11.8 Å². The SMILES string of the molecule is CC#CCOc1ccc(S(=O)(=O)N2CCN(C(C)=O)C(C)C2C(=O)NO)cc1. The zero-order chi connectivity index (χ0) is 20.9. The van der Waals surface area contributed by atoms with Crippen molar-refractivity contribution >= 4 is 21.8 Å². The van der Waals surface area contributed by atoms with Gasteiger partial charge in [-0.05, 0) is 38.1 Å². The highest BCUT2D eigenvalue weighted by molar-refractivity contribution is 7.89. The molecular weight excluding hydrogens is 386 g/mol. The fourth-order valence-electron chi connectivity index (χ4n) is 3.12. The predicted molar refractivity (Wildman–Crippen MR) is 99.8 cm³/mol. The number of amides is 2. The lowest BCUT2D eigenvalue weighted by atomic mass is 10.0. The maximum Gasteiger partial charge on any atom is 0.263 e. The average Bonchev–Trinajstić information content (AvgIpc) is 2.67. The van der Waals surface area contributed by atoms with Crippen LogP contribution in [-0.4, -0.2) is 66.4 Å². The third-order valence-corrected chi connectivity index (χ3v) is 6.42. The Hall–Kier alpha value is -2.61. The summed E-state index contributed by atoms with van der Waals surface area (Å²) >= 11 is 0. The Labute approximate surface area is 164 Å². The van der Waals surface area contributed by atoms with Crippen LogP contribution in [0.25, 0.3) is 0 Å². The van der Waals surface area contributed by atoms with Gasteiger partial charge in [0.15, 0.2) is 0 Å². The van der Waals surface area contributed by atoms with Gasteiger partial charge in [0.05, 0.1) is 10.9 Å². The topological polar surface area (TPSA) is 116 Å². The molecule has 0 spiro atoms. The molecule has 0 bridgehead atoms. The Balaban J connectivity index is 2.32. The van der Waals surface area contributed by atoms with Crippen molar-refractivity contribution in [1.82, 2.24) is 14.7 Å². The van der Waals surface area contributed by atoms with Crippen molar-refractivity contribution in [2.24, 2.45) is 0 Å². The summed E-state index contributed by atoms with van der Waals surface area (Å²) in [4.78, 5) is 25.3. The standard InChI is InChI=1S/C18H23N3O6S/c1-4-5-12-27-15-6-8-16(9-7-15)28(25,26)21-11-10-20(14(3)22)13(2)17(21)18(23)19-24/h6-9,13,17,24H,10-12H2,1-3H3,(H,19,23). The van der Waals surface area contributed by atoms with Crippen LogP contribution >= 0.6 is 0 Å². The quantitative estimate of drug-likeness (QED) is 0.408. The maximum atomic E-state index is 13.1. The van der Waals surface area contributed by atoms with Crippen molar-refractivity contribution in [2.45, 2.75) is 37.8 Å². The molecule has 2 rings (SSSR count). The van der Waals surface area contributed by atoms with E-state index in [-0.39, 0.29) is 30.5 Å². The number of ether oxygens (including phenoxy) is 1. The van der Waals surface area contributed by atoms with Gasteiger partial charge in [-0.2, -0.15) is 4.31 Å². The van der Waals surface area contributed by atoms with Crippen molar-refractivity contribution in [3.8, 4) is 17.6 Å². The number of hydrogen-bond acceptors (Lipinski definition) is 6. The van der Waals surface area contributed by atoms with Gasteiger partial charge in [-0.3, -0.25) is 14.8 Å².